The van der Waals surface area contributed by atoms with E-state index in [1.165, 1.54) is 52.7 Å². The van der Waals surface area contributed by atoms with Gasteiger partial charge in [-0.1, -0.05) is 36.0 Å². The summed E-state index contributed by atoms with van der Waals surface area (Å²) >= 11 is 1.01. The first-order valence-corrected chi connectivity index (χ1v) is 11.7. The third kappa shape index (κ3) is 4.59. The van der Waals surface area contributed by atoms with E-state index in [0.29, 0.717) is 11.3 Å². The van der Waals surface area contributed by atoms with Gasteiger partial charge < -0.3 is 18.9 Å². The van der Waals surface area contributed by atoms with Crippen molar-refractivity contribution in [3.63, 3.8) is 0 Å². The number of hydrogen-bond acceptors (Lipinski definition) is 8. The van der Waals surface area contributed by atoms with Crippen LogP contribution in [0.2, 0.25) is 0 Å². The van der Waals surface area contributed by atoms with Gasteiger partial charge in [0.05, 0.1) is 45.3 Å². The van der Waals surface area contributed by atoms with Gasteiger partial charge >= 0.3 is 0 Å². The minimum atomic E-state index is -0.617. The number of Topliss-reactive ketones (excluding diaryl/α,β-unsaturated/α-hetero) is 1. The van der Waals surface area contributed by atoms with Crippen LogP contribution < -0.4 is 24.5 Å². The summed E-state index contributed by atoms with van der Waals surface area (Å²) in [7, 11) is 5.80. The number of rotatable bonds is 9. The molecule has 4 aromatic rings. The second-order valence-electron chi connectivity index (χ2n) is 7.47. The second-order valence-corrected chi connectivity index (χ2v) is 8.41. The van der Waals surface area contributed by atoms with Crippen molar-refractivity contribution in [1.82, 2.24) is 9.55 Å². The fourth-order valence-electron chi connectivity index (χ4n) is 3.72. The molecule has 1 aromatic heterocycles. The van der Waals surface area contributed by atoms with Crippen molar-refractivity contribution in [2.45, 2.75) is 5.16 Å². The van der Waals surface area contributed by atoms with Crippen LogP contribution in [-0.2, 0) is 0 Å². The zero-order chi connectivity index (χ0) is 25.8. The van der Waals surface area contributed by atoms with Crippen LogP contribution in [0.1, 0.15) is 10.4 Å². The van der Waals surface area contributed by atoms with Crippen LogP contribution in [0.4, 0.5) is 4.39 Å². The number of nitrogens with zero attached hydrogens (tertiary/aromatic N) is 2. The third-order valence-electron chi connectivity index (χ3n) is 5.45. The van der Waals surface area contributed by atoms with E-state index >= 15 is 0 Å². The Labute approximate surface area is 210 Å². The molecule has 1 heterocycles. The van der Waals surface area contributed by atoms with Crippen molar-refractivity contribution >= 4 is 28.4 Å². The summed E-state index contributed by atoms with van der Waals surface area (Å²) in [5.41, 5.74) is 0.0816. The van der Waals surface area contributed by atoms with Crippen molar-refractivity contribution in [1.29, 1.82) is 0 Å². The molecule has 4 rings (SSSR count). The highest BCUT2D eigenvalue weighted by Crippen LogP contribution is 2.42. The smallest absolute Gasteiger partial charge is 0.267 e. The Bertz CT molecular complexity index is 1500. The normalized spacial score (nSPS) is 10.8. The molecule has 0 aliphatic heterocycles. The first-order valence-electron chi connectivity index (χ1n) is 10.7. The first kappa shape index (κ1) is 25.1. The minimum Gasteiger partial charge on any atom is -0.497 e. The van der Waals surface area contributed by atoms with Gasteiger partial charge in [-0.05, 0) is 30.3 Å². The number of benzene rings is 3. The average molecular weight is 511 g/mol. The fraction of sp³-hybridized carbons (Fsp3) is 0.192. The number of ether oxygens (including phenoxy) is 4. The maximum atomic E-state index is 14.8. The van der Waals surface area contributed by atoms with Crippen LogP contribution in [0.3, 0.4) is 0 Å². The summed E-state index contributed by atoms with van der Waals surface area (Å²) in [6.45, 7) is 0. The number of fused-ring (bicyclic) bond motifs is 1. The molecule has 36 heavy (non-hydrogen) atoms. The molecule has 0 saturated heterocycles. The van der Waals surface area contributed by atoms with Crippen molar-refractivity contribution in [3.05, 3.63) is 76.3 Å². The predicted molar refractivity (Wildman–Crippen MR) is 135 cm³/mol. The quantitative estimate of drug-likeness (QED) is 0.184. The van der Waals surface area contributed by atoms with Gasteiger partial charge in [-0.25, -0.2) is 9.37 Å². The van der Waals surface area contributed by atoms with Gasteiger partial charge in [-0.15, -0.1) is 0 Å². The number of aromatic nitrogens is 2. The number of carbonyl (C=O) groups is 1. The molecular formula is C26H23FN2O6S. The van der Waals surface area contributed by atoms with E-state index in [0.717, 1.165) is 16.3 Å². The summed E-state index contributed by atoms with van der Waals surface area (Å²) in [5, 5.41) is 0.246. The molecule has 0 saturated carbocycles. The standard InChI is InChI=1S/C26H23FN2O6S/c1-32-16-9-7-8-15(12-16)20(30)14-36-26-28-22-17(13-21(33-2)23(34-3)24(22)35-4)25(31)29(26)19-11-6-5-10-18(19)27/h5-13H,14H2,1-4H3. The van der Waals surface area contributed by atoms with E-state index in [1.54, 1.807) is 30.3 Å². The number of methoxy groups -OCH3 is 4. The van der Waals surface area contributed by atoms with E-state index in [2.05, 4.69) is 4.98 Å². The lowest BCUT2D eigenvalue weighted by atomic mass is 10.1. The van der Waals surface area contributed by atoms with Crippen LogP contribution in [0.15, 0.2) is 64.5 Å². The van der Waals surface area contributed by atoms with Crippen LogP contribution in [0.5, 0.6) is 23.0 Å². The fourth-order valence-corrected chi connectivity index (χ4v) is 4.61. The van der Waals surface area contributed by atoms with E-state index in [1.807, 2.05) is 0 Å². The molecule has 0 aliphatic carbocycles. The lowest BCUT2D eigenvalue weighted by Crippen LogP contribution is -2.23. The maximum absolute atomic E-state index is 14.8. The summed E-state index contributed by atoms with van der Waals surface area (Å²) in [6.07, 6.45) is 0. The number of ketones is 1. The average Bonchev–Trinajstić information content (AvgIpc) is 2.91. The lowest BCUT2D eigenvalue weighted by Gasteiger charge is -2.17. The van der Waals surface area contributed by atoms with E-state index in [-0.39, 0.29) is 50.5 Å². The largest absolute Gasteiger partial charge is 0.497 e. The Morgan fingerprint density at radius 1 is 0.944 bits per heavy atom. The van der Waals surface area contributed by atoms with Gasteiger partial charge in [0.25, 0.3) is 5.56 Å². The van der Waals surface area contributed by atoms with Gasteiger partial charge in [0.15, 0.2) is 22.4 Å². The van der Waals surface area contributed by atoms with E-state index in [9.17, 15) is 14.0 Å². The summed E-state index contributed by atoms with van der Waals surface area (Å²) < 4.78 is 37.5. The topological polar surface area (TPSA) is 88.9 Å². The van der Waals surface area contributed by atoms with Crippen molar-refractivity contribution in [2.75, 3.05) is 34.2 Å². The number of carbonyl (C=O) groups excluding carboxylic acids is 1. The predicted octanol–water partition coefficient (Wildman–Crippen LogP) is 4.53. The van der Waals surface area contributed by atoms with Crippen molar-refractivity contribution in [3.8, 4) is 28.7 Å². The number of hydrogen-bond donors (Lipinski definition) is 0. The zero-order valence-corrected chi connectivity index (χ0v) is 20.8. The summed E-state index contributed by atoms with van der Waals surface area (Å²) in [4.78, 5) is 31.3. The van der Waals surface area contributed by atoms with Crippen molar-refractivity contribution in [2.24, 2.45) is 0 Å². The molecule has 0 radical (unpaired) electrons. The highest BCUT2D eigenvalue weighted by Gasteiger charge is 2.24. The van der Waals surface area contributed by atoms with Crippen LogP contribution >= 0.6 is 11.8 Å². The SMILES string of the molecule is COc1cccc(C(=O)CSc2nc3c(OC)c(OC)c(OC)cc3c(=O)n2-c2ccccc2F)c1. The molecule has 186 valence electrons. The highest BCUT2D eigenvalue weighted by molar-refractivity contribution is 7.99. The van der Waals surface area contributed by atoms with Gasteiger partial charge in [-0.3, -0.25) is 14.2 Å². The number of thioether (sulfide) groups is 1. The van der Waals surface area contributed by atoms with Crippen LogP contribution in [0.25, 0.3) is 16.6 Å². The Hall–Kier alpha value is -4.05. The Balaban J connectivity index is 1.90. The molecule has 10 heteroatoms. The maximum Gasteiger partial charge on any atom is 0.267 e. The summed E-state index contributed by atoms with van der Waals surface area (Å²) in [6, 6.07) is 14.1. The van der Waals surface area contributed by atoms with Gasteiger partial charge in [0.2, 0.25) is 5.75 Å². The van der Waals surface area contributed by atoms with Gasteiger partial charge in [0, 0.05) is 5.56 Å². The monoisotopic (exact) mass is 510 g/mol. The molecule has 0 atom stereocenters. The molecule has 0 fully saturated rings. The Morgan fingerprint density at radius 2 is 1.69 bits per heavy atom. The van der Waals surface area contributed by atoms with Gasteiger partial charge in [0.1, 0.15) is 17.1 Å². The molecular weight excluding hydrogens is 487 g/mol. The second kappa shape index (κ2) is 10.7. The summed E-state index contributed by atoms with van der Waals surface area (Å²) in [5.74, 6) is 0.354. The Kier molecular flexibility index (Phi) is 7.44. The Morgan fingerprint density at radius 3 is 2.36 bits per heavy atom. The lowest BCUT2D eigenvalue weighted by molar-refractivity contribution is 0.102. The van der Waals surface area contributed by atoms with E-state index in [4.69, 9.17) is 18.9 Å². The van der Waals surface area contributed by atoms with Crippen LogP contribution in [0, 0.1) is 5.82 Å². The molecule has 0 N–H and O–H groups in total. The molecule has 0 aliphatic rings. The third-order valence-corrected chi connectivity index (χ3v) is 6.39. The molecule has 3 aromatic carbocycles. The highest BCUT2D eigenvalue weighted by atomic mass is 32.2. The van der Waals surface area contributed by atoms with E-state index < -0.39 is 11.4 Å². The minimum absolute atomic E-state index is 0.00183. The molecule has 0 unspecified atom stereocenters. The van der Waals surface area contributed by atoms with Crippen LogP contribution in [-0.4, -0.2) is 49.5 Å². The molecule has 0 bridgehead atoms. The number of halogens is 1. The van der Waals surface area contributed by atoms with Gasteiger partial charge in [-0.2, -0.15) is 0 Å². The van der Waals surface area contributed by atoms with Crippen molar-refractivity contribution < 1.29 is 28.1 Å². The number of para-hydroxylation sites is 1. The molecule has 8 nitrogen and oxygen atoms in total. The zero-order valence-electron chi connectivity index (χ0n) is 20.0. The molecule has 0 amide bonds. The first-order chi connectivity index (χ1) is 17.4. The molecule has 0 spiro atoms.